The zero-order chi connectivity index (χ0) is 9.64. The van der Waals surface area contributed by atoms with Gasteiger partial charge in [0.1, 0.15) is 0 Å². The highest BCUT2D eigenvalue weighted by Crippen LogP contribution is 2.70. The molecule has 13 heavy (non-hydrogen) atoms. The van der Waals surface area contributed by atoms with Gasteiger partial charge in [-0.1, -0.05) is 20.3 Å². The highest BCUT2D eigenvalue weighted by molar-refractivity contribution is 5.74. The summed E-state index contributed by atoms with van der Waals surface area (Å²) in [4.78, 5) is 11.4. The number of hydrogen-bond acceptors (Lipinski definition) is 2. The maximum atomic E-state index is 11.4. The highest BCUT2D eigenvalue weighted by Gasteiger charge is 2.67. The molecule has 4 atom stereocenters. The van der Waals surface area contributed by atoms with Crippen LogP contribution in [0.15, 0.2) is 0 Å². The number of carbonyl (C=O) groups is 1. The molecule has 0 aliphatic heterocycles. The van der Waals surface area contributed by atoms with Gasteiger partial charge in [0.05, 0.1) is 13.0 Å². The van der Waals surface area contributed by atoms with E-state index in [0.29, 0.717) is 11.3 Å². The van der Waals surface area contributed by atoms with Crippen LogP contribution < -0.4 is 0 Å². The number of fused-ring (bicyclic) bond motifs is 1. The van der Waals surface area contributed by atoms with Crippen molar-refractivity contribution in [1.29, 1.82) is 0 Å². The fourth-order valence-electron chi connectivity index (χ4n) is 3.40. The Bertz CT molecular complexity index is 236. The molecule has 3 unspecified atom stereocenters. The van der Waals surface area contributed by atoms with Gasteiger partial charge in [0.2, 0.25) is 0 Å². The van der Waals surface area contributed by atoms with E-state index < -0.39 is 0 Å². The van der Waals surface area contributed by atoms with Gasteiger partial charge in [0.25, 0.3) is 0 Å². The van der Waals surface area contributed by atoms with Crippen molar-refractivity contribution < 1.29 is 9.53 Å². The Labute approximate surface area is 79.7 Å². The van der Waals surface area contributed by atoms with E-state index in [1.165, 1.54) is 20.0 Å². The lowest BCUT2D eigenvalue weighted by atomic mass is 9.89. The predicted molar refractivity (Wildman–Crippen MR) is 50.1 cm³/mol. The largest absolute Gasteiger partial charge is 0.469 e. The van der Waals surface area contributed by atoms with Crippen molar-refractivity contribution in [3.63, 3.8) is 0 Å². The van der Waals surface area contributed by atoms with E-state index in [2.05, 4.69) is 13.8 Å². The van der Waals surface area contributed by atoms with Crippen LogP contribution in [-0.2, 0) is 9.53 Å². The molecule has 0 aromatic rings. The van der Waals surface area contributed by atoms with Gasteiger partial charge in [-0.15, -0.1) is 0 Å². The second-order valence-corrected chi connectivity index (χ2v) is 4.70. The zero-order valence-corrected chi connectivity index (χ0v) is 8.67. The normalized spacial score (nSPS) is 47.2. The van der Waals surface area contributed by atoms with E-state index in [-0.39, 0.29) is 11.9 Å². The molecule has 0 spiro atoms. The Morgan fingerprint density at radius 3 is 2.69 bits per heavy atom. The molecular weight excluding hydrogens is 164 g/mol. The van der Waals surface area contributed by atoms with Gasteiger partial charge in [-0.2, -0.15) is 0 Å². The summed E-state index contributed by atoms with van der Waals surface area (Å²) >= 11 is 0. The molecule has 2 saturated carbocycles. The van der Waals surface area contributed by atoms with Crippen molar-refractivity contribution in [2.75, 3.05) is 7.11 Å². The van der Waals surface area contributed by atoms with Crippen LogP contribution in [-0.4, -0.2) is 13.1 Å². The van der Waals surface area contributed by atoms with Crippen molar-refractivity contribution in [2.45, 2.75) is 33.1 Å². The van der Waals surface area contributed by atoms with E-state index in [0.717, 1.165) is 12.3 Å². The van der Waals surface area contributed by atoms with E-state index in [1.807, 2.05) is 0 Å². The average Bonchev–Trinajstić information content (AvgIpc) is 2.56. The lowest BCUT2D eigenvalue weighted by molar-refractivity contribution is -0.146. The Hall–Kier alpha value is -0.530. The Morgan fingerprint density at radius 1 is 1.54 bits per heavy atom. The van der Waals surface area contributed by atoms with E-state index >= 15 is 0 Å². The number of rotatable bonds is 2. The first-order valence-corrected chi connectivity index (χ1v) is 5.23. The molecule has 0 bridgehead atoms. The number of methoxy groups -OCH3 is 1. The molecule has 0 radical (unpaired) electrons. The van der Waals surface area contributed by atoms with Gasteiger partial charge >= 0.3 is 5.97 Å². The van der Waals surface area contributed by atoms with Crippen LogP contribution >= 0.6 is 0 Å². The summed E-state index contributed by atoms with van der Waals surface area (Å²) < 4.78 is 4.83. The van der Waals surface area contributed by atoms with E-state index in [9.17, 15) is 4.79 Å². The van der Waals surface area contributed by atoms with E-state index in [4.69, 9.17) is 4.74 Å². The number of esters is 1. The zero-order valence-electron chi connectivity index (χ0n) is 8.67. The van der Waals surface area contributed by atoms with Gasteiger partial charge in [-0.3, -0.25) is 4.79 Å². The van der Waals surface area contributed by atoms with Crippen molar-refractivity contribution in [1.82, 2.24) is 0 Å². The SMILES string of the molecule is CCC1(C)C2CC[C@H](C(=O)OC)C21. The van der Waals surface area contributed by atoms with Crippen molar-refractivity contribution >= 4 is 5.97 Å². The average molecular weight is 182 g/mol. The summed E-state index contributed by atoms with van der Waals surface area (Å²) in [6.07, 6.45) is 3.49. The smallest absolute Gasteiger partial charge is 0.308 e. The first-order chi connectivity index (χ1) is 6.15. The monoisotopic (exact) mass is 182 g/mol. The molecule has 0 amide bonds. The van der Waals surface area contributed by atoms with Crippen LogP contribution in [0.2, 0.25) is 0 Å². The quantitative estimate of drug-likeness (QED) is 0.612. The standard InChI is InChI=1S/C11H18O2/c1-4-11(2)8-6-5-7(9(8)11)10(12)13-3/h7-9H,4-6H2,1-3H3/t7-,8?,9?,11?/m0/s1. The van der Waals surface area contributed by atoms with Crippen molar-refractivity contribution in [2.24, 2.45) is 23.2 Å². The predicted octanol–water partition coefficient (Wildman–Crippen LogP) is 2.23. The minimum Gasteiger partial charge on any atom is -0.469 e. The third-order valence-corrected chi connectivity index (χ3v) is 4.42. The van der Waals surface area contributed by atoms with Gasteiger partial charge in [-0.25, -0.2) is 0 Å². The molecule has 2 heteroatoms. The van der Waals surface area contributed by atoms with Crippen LogP contribution in [0.4, 0.5) is 0 Å². The van der Waals surface area contributed by atoms with E-state index in [1.54, 1.807) is 0 Å². The fraction of sp³-hybridized carbons (Fsp3) is 0.909. The van der Waals surface area contributed by atoms with Crippen molar-refractivity contribution in [3.8, 4) is 0 Å². The molecule has 2 fully saturated rings. The molecule has 74 valence electrons. The lowest BCUT2D eigenvalue weighted by Gasteiger charge is -2.17. The van der Waals surface area contributed by atoms with Crippen LogP contribution in [0.1, 0.15) is 33.1 Å². The maximum absolute atomic E-state index is 11.4. The molecule has 0 saturated heterocycles. The van der Waals surface area contributed by atoms with Gasteiger partial charge in [0, 0.05) is 0 Å². The number of hydrogen-bond donors (Lipinski definition) is 0. The Morgan fingerprint density at radius 2 is 2.23 bits per heavy atom. The van der Waals surface area contributed by atoms with Crippen LogP contribution in [0.5, 0.6) is 0 Å². The van der Waals surface area contributed by atoms with Crippen molar-refractivity contribution in [3.05, 3.63) is 0 Å². The van der Waals surface area contributed by atoms with Crippen LogP contribution in [0, 0.1) is 23.2 Å². The van der Waals surface area contributed by atoms with Gasteiger partial charge in [0.15, 0.2) is 0 Å². The molecular formula is C11H18O2. The summed E-state index contributed by atoms with van der Waals surface area (Å²) in [6.45, 7) is 4.55. The second kappa shape index (κ2) is 2.73. The van der Waals surface area contributed by atoms with Crippen LogP contribution in [0.3, 0.4) is 0 Å². The first-order valence-electron chi connectivity index (χ1n) is 5.23. The Kier molecular flexibility index (Phi) is 1.90. The summed E-state index contributed by atoms with van der Waals surface area (Å²) in [6, 6.07) is 0. The third kappa shape index (κ3) is 1.04. The molecule has 0 heterocycles. The molecule has 0 aromatic carbocycles. The third-order valence-electron chi connectivity index (χ3n) is 4.42. The molecule has 2 aliphatic carbocycles. The minimum atomic E-state index is 0.0182. The number of carbonyl (C=O) groups excluding carboxylic acids is 1. The molecule has 0 N–H and O–H groups in total. The molecule has 2 aliphatic rings. The summed E-state index contributed by atoms with van der Waals surface area (Å²) in [5, 5.41) is 0. The summed E-state index contributed by atoms with van der Waals surface area (Å²) in [7, 11) is 1.50. The lowest BCUT2D eigenvalue weighted by Crippen LogP contribution is -2.19. The summed E-state index contributed by atoms with van der Waals surface area (Å²) in [5.41, 5.74) is 0.455. The first kappa shape index (κ1) is 9.04. The Balaban J connectivity index is 2.07. The van der Waals surface area contributed by atoms with Crippen LogP contribution in [0.25, 0.3) is 0 Å². The molecule has 2 rings (SSSR count). The second-order valence-electron chi connectivity index (χ2n) is 4.70. The number of ether oxygens (including phenoxy) is 1. The van der Waals surface area contributed by atoms with Gasteiger partial charge < -0.3 is 4.74 Å². The maximum Gasteiger partial charge on any atom is 0.308 e. The van der Waals surface area contributed by atoms with Gasteiger partial charge in [-0.05, 0) is 30.1 Å². The minimum absolute atomic E-state index is 0.0182. The summed E-state index contributed by atoms with van der Waals surface area (Å²) in [5.74, 6) is 1.66. The fourth-order valence-corrected chi connectivity index (χ4v) is 3.40. The molecule has 2 nitrogen and oxygen atoms in total. The topological polar surface area (TPSA) is 26.3 Å². The molecule has 0 aromatic heterocycles. The highest BCUT2D eigenvalue weighted by atomic mass is 16.5.